The van der Waals surface area contributed by atoms with Crippen LogP contribution < -0.4 is 10.6 Å². The van der Waals surface area contributed by atoms with Gasteiger partial charge in [0.2, 0.25) is 0 Å². The van der Waals surface area contributed by atoms with E-state index in [4.69, 9.17) is 0 Å². The topological polar surface area (TPSA) is 44.4 Å². The zero-order valence-corrected chi connectivity index (χ0v) is 11.9. The fourth-order valence-corrected chi connectivity index (χ4v) is 4.07. The van der Waals surface area contributed by atoms with Crippen molar-refractivity contribution in [3.8, 4) is 0 Å². The standard InChI is InChI=1S/C15H27N3O/c19-15(17-13-6-1-2-7-13)18-10-4-8-14(18)12-5-3-9-16-11-12/h12-14,16H,1-11H2,(H,17,19). The quantitative estimate of drug-likeness (QED) is 0.803. The summed E-state index contributed by atoms with van der Waals surface area (Å²) in [5.74, 6) is 0.672. The molecule has 0 radical (unpaired) electrons. The lowest BCUT2D eigenvalue weighted by Gasteiger charge is -2.35. The Hall–Kier alpha value is -0.770. The van der Waals surface area contributed by atoms with Crippen LogP contribution in [0, 0.1) is 5.92 Å². The van der Waals surface area contributed by atoms with Gasteiger partial charge >= 0.3 is 6.03 Å². The molecular weight excluding hydrogens is 238 g/mol. The average Bonchev–Trinajstić information content (AvgIpc) is 3.10. The molecule has 1 saturated carbocycles. The molecule has 3 aliphatic rings. The Morgan fingerprint density at radius 1 is 1.05 bits per heavy atom. The largest absolute Gasteiger partial charge is 0.335 e. The lowest BCUT2D eigenvalue weighted by molar-refractivity contribution is 0.158. The van der Waals surface area contributed by atoms with E-state index in [0.29, 0.717) is 18.0 Å². The van der Waals surface area contributed by atoms with Gasteiger partial charge in [-0.05, 0) is 57.5 Å². The minimum absolute atomic E-state index is 0.208. The highest BCUT2D eigenvalue weighted by atomic mass is 16.2. The molecule has 2 saturated heterocycles. The van der Waals surface area contributed by atoms with Crippen LogP contribution >= 0.6 is 0 Å². The molecule has 4 nitrogen and oxygen atoms in total. The molecule has 19 heavy (non-hydrogen) atoms. The van der Waals surface area contributed by atoms with Gasteiger partial charge in [-0.3, -0.25) is 0 Å². The summed E-state index contributed by atoms with van der Waals surface area (Å²) in [4.78, 5) is 14.6. The minimum Gasteiger partial charge on any atom is -0.335 e. The molecule has 2 heterocycles. The van der Waals surface area contributed by atoms with Crippen molar-refractivity contribution in [2.75, 3.05) is 19.6 Å². The Labute approximate surface area is 116 Å². The highest BCUT2D eigenvalue weighted by molar-refractivity contribution is 5.75. The summed E-state index contributed by atoms with van der Waals surface area (Å²) in [5.41, 5.74) is 0. The number of nitrogens with zero attached hydrogens (tertiary/aromatic N) is 1. The van der Waals surface area contributed by atoms with Crippen LogP contribution in [-0.2, 0) is 0 Å². The first-order chi connectivity index (χ1) is 9.34. The Morgan fingerprint density at radius 3 is 2.63 bits per heavy atom. The number of piperidine rings is 1. The number of hydrogen-bond acceptors (Lipinski definition) is 2. The number of hydrogen-bond donors (Lipinski definition) is 2. The van der Waals surface area contributed by atoms with Crippen molar-refractivity contribution >= 4 is 6.03 Å². The van der Waals surface area contributed by atoms with Crippen molar-refractivity contribution in [1.29, 1.82) is 0 Å². The number of likely N-dealkylation sites (tertiary alicyclic amines) is 1. The molecule has 3 fully saturated rings. The number of rotatable bonds is 2. The van der Waals surface area contributed by atoms with Crippen molar-refractivity contribution < 1.29 is 4.79 Å². The number of carbonyl (C=O) groups is 1. The monoisotopic (exact) mass is 265 g/mol. The summed E-state index contributed by atoms with van der Waals surface area (Å²) in [6.45, 7) is 3.20. The number of carbonyl (C=O) groups excluding carboxylic acids is 1. The van der Waals surface area contributed by atoms with E-state index in [2.05, 4.69) is 15.5 Å². The van der Waals surface area contributed by atoms with Crippen LogP contribution in [-0.4, -0.2) is 42.6 Å². The third-order valence-corrected chi connectivity index (χ3v) is 5.12. The van der Waals surface area contributed by atoms with Gasteiger partial charge in [-0.2, -0.15) is 0 Å². The predicted octanol–water partition coefficient (Wildman–Crippen LogP) is 2.10. The second-order valence-corrected chi connectivity index (χ2v) is 6.44. The molecule has 3 rings (SSSR count). The SMILES string of the molecule is O=C(NC1CCCC1)N1CCCC1C1CCCNC1. The number of amides is 2. The molecule has 2 amide bonds. The predicted molar refractivity (Wildman–Crippen MR) is 76.1 cm³/mol. The molecule has 2 unspecified atom stereocenters. The van der Waals surface area contributed by atoms with Crippen LogP contribution in [0.15, 0.2) is 0 Å². The number of nitrogens with one attached hydrogen (secondary N) is 2. The molecule has 0 aromatic heterocycles. The van der Waals surface area contributed by atoms with E-state index in [1.807, 2.05) is 0 Å². The van der Waals surface area contributed by atoms with Crippen LogP contribution in [0.3, 0.4) is 0 Å². The first kappa shape index (κ1) is 13.2. The highest BCUT2D eigenvalue weighted by Gasteiger charge is 2.35. The van der Waals surface area contributed by atoms with Gasteiger partial charge in [0.25, 0.3) is 0 Å². The molecular formula is C15H27N3O. The third kappa shape index (κ3) is 3.04. The Bertz CT molecular complexity index is 309. The van der Waals surface area contributed by atoms with Crippen LogP contribution in [0.2, 0.25) is 0 Å². The first-order valence-electron chi connectivity index (χ1n) is 8.12. The highest BCUT2D eigenvalue weighted by Crippen LogP contribution is 2.28. The van der Waals surface area contributed by atoms with Crippen molar-refractivity contribution in [3.63, 3.8) is 0 Å². The summed E-state index contributed by atoms with van der Waals surface area (Å²) in [5, 5.41) is 6.74. The van der Waals surface area contributed by atoms with Crippen molar-refractivity contribution in [2.45, 2.75) is 63.5 Å². The van der Waals surface area contributed by atoms with Gasteiger partial charge in [-0.25, -0.2) is 4.79 Å². The zero-order chi connectivity index (χ0) is 13.1. The first-order valence-corrected chi connectivity index (χ1v) is 8.12. The molecule has 0 aromatic carbocycles. The van der Waals surface area contributed by atoms with Gasteiger partial charge in [-0.15, -0.1) is 0 Å². The average molecular weight is 265 g/mol. The normalized spacial score (nSPS) is 32.7. The lowest BCUT2D eigenvalue weighted by atomic mass is 9.90. The molecule has 108 valence electrons. The summed E-state index contributed by atoms with van der Waals surface area (Å²) < 4.78 is 0. The summed E-state index contributed by atoms with van der Waals surface area (Å²) in [6.07, 6.45) is 9.83. The van der Waals surface area contributed by atoms with Crippen LogP contribution in [0.25, 0.3) is 0 Å². The van der Waals surface area contributed by atoms with E-state index < -0.39 is 0 Å². The summed E-state index contributed by atoms with van der Waals surface area (Å²) in [6, 6.07) is 1.13. The van der Waals surface area contributed by atoms with Gasteiger partial charge in [-0.1, -0.05) is 12.8 Å². The third-order valence-electron chi connectivity index (χ3n) is 5.12. The number of urea groups is 1. The zero-order valence-electron chi connectivity index (χ0n) is 11.9. The molecule has 1 aliphatic carbocycles. The lowest BCUT2D eigenvalue weighted by Crippen LogP contribution is -2.50. The Morgan fingerprint density at radius 2 is 1.89 bits per heavy atom. The van der Waals surface area contributed by atoms with Gasteiger partial charge in [0.15, 0.2) is 0 Å². The Balaban J connectivity index is 1.56. The Kier molecular flexibility index (Phi) is 4.26. The van der Waals surface area contributed by atoms with Crippen LogP contribution in [0.5, 0.6) is 0 Å². The molecule has 0 bridgehead atoms. The molecule has 2 atom stereocenters. The summed E-state index contributed by atoms with van der Waals surface area (Å²) in [7, 11) is 0. The van der Waals surface area contributed by atoms with Gasteiger partial charge in [0.1, 0.15) is 0 Å². The fraction of sp³-hybridized carbons (Fsp3) is 0.933. The van der Waals surface area contributed by atoms with Crippen LogP contribution in [0.1, 0.15) is 51.4 Å². The molecule has 2 N–H and O–H groups in total. The second kappa shape index (κ2) is 6.12. The smallest absolute Gasteiger partial charge is 0.317 e. The van der Waals surface area contributed by atoms with Gasteiger partial charge < -0.3 is 15.5 Å². The van der Waals surface area contributed by atoms with Crippen LogP contribution in [0.4, 0.5) is 4.79 Å². The molecule has 0 aromatic rings. The van der Waals surface area contributed by atoms with Crippen molar-refractivity contribution in [2.24, 2.45) is 5.92 Å². The fourth-order valence-electron chi connectivity index (χ4n) is 4.07. The van der Waals surface area contributed by atoms with E-state index in [9.17, 15) is 4.79 Å². The van der Waals surface area contributed by atoms with Crippen molar-refractivity contribution in [3.05, 3.63) is 0 Å². The van der Waals surface area contributed by atoms with Gasteiger partial charge in [0, 0.05) is 18.6 Å². The molecule has 2 aliphatic heterocycles. The minimum atomic E-state index is 0.208. The van der Waals surface area contributed by atoms with Gasteiger partial charge in [0.05, 0.1) is 0 Å². The van der Waals surface area contributed by atoms with E-state index in [1.165, 1.54) is 51.4 Å². The van der Waals surface area contributed by atoms with Crippen molar-refractivity contribution in [1.82, 2.24) is 15.5 Å². The summed E-state index contributed by atoms with van der Waals surface area (Å²) >= 11 is 0. The molecule has 0 spiro atoms. The maximum atomic E-state index is 12.4. The maximum absolute atomic E-state index is 12.4. The maximum Gasteiger partial charge on any atom is 0.317 e. The van der Waals surface area contributed by atoms with E-state index in [1.54, 1.807) is 0 Å². The van der Waals surface area contributed by atoms with E-state index >= 15 is 0 Å². The molecule has 4 heteroatoms. The second-order valence-electron chi connectivity index (χ2n) is 6.44. The van der Waals surface area contributed by atoms with E-state index in [-0.39, 0.29) is 6.03 Å². The van der Waals surface area contributed by atoms with E-state index in [0.717, 1.165) is 19.6 Å².